The monoisotopic (exact) mass is 353 g/mol. The Hall–Kier alpha value is -1.53. The summed E-state index contributed by atoms with van der Waals surface area (Å²) in [6, 6.07) is 7.11. The Morgan fingerprint density at radius 3 is 2.74 bits per heavy atom. The van der Waals surface area contributed by atoms with Gasteiger partial charge in [-0.1, -0.05) is 49.3 Å². The zero-order valence-corrected chi connectivity index (χ0v) is 14.9. The molecule has 0 fully saturated rings. The Morgan fingerprint density at radius 1 is 1.39 bits per heavy atom. The first kappa shape index (κ1) is 17.8. The molecule has 2 amide bonds. The van der Waals surface area contributed by atoms with Crippen molar-refractivity contribution in [2.75, 3.05) is 18.0 Å². The lowest BCUT2D eigenvalue weighted by Gasteiger charge is -2.21. The molecular weight excluding hydrogens is 334 g/mol. The average Bonchev–Trinajstić information content (AvgIpc) is 2.86. The van der Waals surface area contributed by atoms with Gasteiger partial charge < -0.3 is 5.32 Å². The highest BCUT2D eigenvalue weighted by molar-refractivity contribution is 8.15. The van der Waals surface area contributed by atoms with Crippen LogP contribution in [0.25, 0.3) is 0 Å². The smallest absolute Gasteiger partial charge is 0.254 e. The lowest BCUT2D eigenvalue weighted by atomic mass is 10.2. The van der Waals surface area contributed by atoms with Gasteiger partial charge in [0, 0.05) is 6.54 Å². The topological polar surface area (TPSA) is 61.8 Å². The van der Waals surface area contributed by atoms with Crippen molar-refractivity contribution in [1.82, 2.24) is 5.32 Å². The summed E-state index contributed by atoms with van der Waals surface area (Å²) in [5, 5.41) is 3.53. The van der Waals surface area contributed by atoms with Crippen molar-refractivity contribution < 1.29 is 9.59 Å². The van der Waals surface area contributed by atoms with Gasteiger partial charge in [0.05, 0.1) is 16.0 Å². The van der Waals surface area contributed by atoms with E-state index in [1.807, 2.05) is 19.9 Å². The first-order chi connectivity index (χ1) is 10.9. The minimum atomic E-state index is -0.344. The predicted octanol–water partition coefficient (Wildman–Crippen LogP) is 2.94. The number of halogens is 1. The van der Waals surface area contributed by atoms with Crippen molar-refractivity contribution in [1.29, 1.82) is 0 Å². The highest BCUT2D eigenvalue weighted by Gasteiger charge is 2.31. The molecule has 1 aromatic rings. The summed E-state index contributed by atoms with van der Waals surface area (Å²) >= 11 is 7.45. The maximum atomic E-state index is 12.1. The number of carbonyl (C=O) groups is 2. The van der Waals surface area contributed by atoms with Gasteiger partial charge in [0.15, 0.2) is 5.17 Å². The molecule has 0 aromatic heterocycles. The van der Waals surface area contributed by atoms with Crippen LogP contribution in [0.2, 0.25) is 5.02 Å². The van der Waals surface area contributed by atoms with Crippen LogP contribution in [-0.4, -0.2) is 35.3 Å². The SMILES string of the molecule is CC(C)CNC(=O)[C@@H](C)SC1=NCC(=O)N1c1ccccc1Cl. The summed E-state index contributed by atoms with van der Waals surface area (Å²) in [4.78, 5) is 30.0. The molecule has 0 spiro atoms. The quantitative estimate of drug-likeness (QED) is 0.885. The Labute approximate surface area is 145 Å². The van der Waals surface area contributed by atoms with Gasteiger partial charge in [0.2, 0.25) is 5.91 Å². The van der Waals surface area contributed by atoms with Crippen molar-refractivity contribution in [3.05, 3.63) is 29.3 Å². The number of anilines is 1. The highest BCUT2D eigenvalue weighted by atomic mass is 35.5. The van der Waals surface area contributed by atoms with Gasteiger partial charge in [-0.2, -0.15) is 0 Å². The Kier molecular flexibility index (Phi) is 6.07. The van der Waals surface area contributed by atoms with Crippen molar-refractivity contribution in [3.8, 4) is 0 Å². The molecule has 0 unspecified atom stereocenters. The largest absolute Gasteiger partial charge is 0.355 e. The Balaban J connectivity index is 2.08. The van der Waals surface area contributed by atoms with E-state index in [9.17, 15) is 9.59 Å². The van der Waals surface area contributed by atoms with Crippen LogP contribution in [0.3, 0.4) is 0 Å². The van der Waals surface area contributed by atoms with Crippen LogP contribution in [0.1, 0.15) is 20.8 Å². The van der Waals surface area contributed by atoms with Gasteiger partial charge in [0.25, 0.3) is 5.91 Å². The molecule has 124 valence electrons. The summed E-state index contributed by atoms with van der Waals surface area (Å²) in [5.74, 6) is 0.182. The van der Waals surface area contributed by atoms with E-state index in [2.05, 4.69) is 10.3 Å². The number of carbonyl (C=O) groups excluding carboxylic acids is 2. The molecular formula is C16H20ClN3O2S. The zero-order chi connectivity index (χ0) is 17.0. The van der Waals surface area contributed by atoms with E-state index in [0.29, 0.717) is 28.3 Å². The van der Waals surface area contributed by atoms with Crippen LogP contribution in [0.15, 0.2) is 29.3 Å². The van der Waals surface area contributed by atoms with E-state index < -0.39 is 0 Å². The average molecular weight is 354 g/mol. The van der Waals surface area contributed by atoms with Crippen LogP contribution in [-0.2, 0) is 9.59 Å². The van der Waals surface area contributed by atoms with Gasteiger partial charge in [-0.3, -0.25) is 19.5 Å². The number of rotatable bonds is 5. The second-order valence-corrected chi connectivity index (χ2v) is 7.39. The minimum Gasteiger partial charge on any atom is -0.355 e. The molecule has 23 heavy (non-hydrogen) atoms. The highest BCUT2D eigenvalue weighted by Crippen LogP contribution is 2.31. The van der Waals surface area contributed by atoms with E-state index in [-0.39, 0.29) is 23.6 Å². The van der Waals surface area contributed by atoms with Crippen molar-refractivity contribution in [3.63, 3.8) is 0 Å². The van der Waals surface area contributed by atoms with Gasteiger partial charge >= 0.3 is 0 Å². The number of thioether (sulfide) groups is 1. The molecule has 0 saturated carbocycles. The summed E-state index contributed by atoms with van der Waals surface area (Å²) in [5.41, 5.74) is 0.595. The maximum absolute atomic E-state index is 12.1. The molecule has 5 nitrogen and oxygen atoms in total. The molecule has 0 bridgehead atoms. The first-order valence-electron chi connectivity index (χ1n) is 7.46. The number of amides is 2. The summed E-state index contributed by atoms with van der Waals surface area (Å²) in [7, 11) is 0. The summed E-state index contributed by atoms with van der Waals surface area (Å²) in [6.45, 7) is 6.58. The van der Waals surface area contributed by atoms with Crippen LogP contribution >= 0.6 is 23.4 Å². The van der Waals surface area contributed by atoms with Gasteiger partial charge in [-0.15, -0.1) is 0 Å². The molecule has 2 rings (SSSR count). The Bertz CT molecular complexity index is 634. The normalized spacial score (nSPS) is 15.8. The molecule has 0 saturated heterocycles. The molecule has 1 aromatic carbocycles. The zero-order valence-electron chi connectivity index (χ0n) is 13.4. The molecule has 1 aliphatic heterocycles. The molecule has 1 aliphatic rings. The predicted molar refractivity (Wildman–Crippen MR) is 96.1 cm³/mol. The summed E-state index contributed by atoms with van der Waals surface area (Å²) in [6.07, 6.45) is 0. The van der Waals surface area contributed by atoms with Gasteiger partial charge in [-0.05, 0) is 25.0 Å². The van der Waals surface area contributed by atoms with Crippen LogP contribution in [0.4, 0.5) is 5.69 Å². The van der Waals surface area contributed by atoms with E-state index in [1.165, 1.54) is 16.7 Å². The number of hydrogen-bond donors (Lipinski definition) is 1. The summed E-state index contributed by atoms with van der Waals surface area (Å²) < 4.78 is 0. The molecule has 1 heterocycles. The van der Waals surface area contributed by atoms with E-state index >= 15 is 0 Å². The van der Waals surface area contributed by atoms with Crippen LogP contribution in [0, 0.1) is 5.92 Å². The van der Waals surface area contributed by atoms with Crippen LogP contribution in [0.5, 0.6) is 0 Å². The second kappa shape index (κ2) is 7.84. The Morgan fingerprint density at radius 2 is 2.09 bits per heavy atom. The van der Waals surface area contributed by atoms with E-state index in [1.54, 1.807) is 25.1 Å². The second-order valence-electron chi connectivity index (χ2n) is 5.68. The molecule has 0 radical (unpaired) electrons. The molecule has 1 atom stereocenters. The number of nitrogens with one attached hydrogen (secondary N) is 1. The number of amidine groups is 1. The fraction of sp³-hybridized carbons (Fsp3) is 0.438. The van der Waals surface area contributed by atoms with Gasteiger partial charge in [0.1, 0.15) is 6.54 Å². The third-order valence-corrected chi connectivity index (χ3v) is 4.63. The number of para-hydroxylation sites is 1. The number of benzene rings is 1. The van der Waals surface area contributed by atoms with E-state index in [0.717, 1.165) is 0 Å². The van der Waals surface area contributed by atoms with Crippen molar-refractivity contribution in [2.45, 2.75) is 26.0 Å². The van der Waals surface area contributed by atoms with Crippen molar-refractivity contribution >= 4 is 46.0 Å². The minimum absolute atomic E-state index is 0.0649. The lowest BCUT2D eigenvalue weighted by molar-refractivity contribution is -0.120. The third kappa shape index (κ3) is 4.48. The van der Waals surface area contributed by atoms with Crippen LogP contribution < -0.4 is 10.2 Å². The molecule has 0 aliphatic carbocycles. The number of hydrogen-bond acceptors (Lipinski definition) is 4. The number of nitrogens with zero attached hydrogens (tertiary/aromatic N) is 2. The molecule has 1 N–H and O–H groups in total. The lowest BCUT2D eigenvalue weighted by Crippen LogP contribution is -2.37. The van der Waals surface area contributed by atoms with Crippen molar-refractivity contribution in [2.24, 2.45) is 10.9 Å². The third-order valence-electron chi connectivity index (χ3n) is 3.22. The van der Waals surface area contributed by atoms with Gasteiger partial charge in [-0.25, -0.2) is 0 Å². The standard InChI is InChI=1S/C16H20ClN3O2S/c1-10(2)8-18-15(22)11(3)23-16-19-9-14(21)20(16)13-7-5-4-6-12(13)17/h4-7,10-11H,8-9H2,1-3H3,(H,18,22)/t11-/m1/s1. The maximum Gasteiger partial charge on any atom is 0.254 e. The fourth-order valence-corrected chi connectivity index (χ4v) is 3.18. The fourth-order valence-electron chi connectivity index (χ4n) is 2.00. The number of aliphatic imine (C=N–C) groups is 1. The van der Waals surface area contributed by atoms with E-state index in [4.69, 9.17) is 11.6 Å². The molecule has 7 heteroatoms. The first-order valence-corrected chi connectivity index (χ1v) is 8.72.